The Labute approximate surface area is 184 Å². The molecule has 4 aromatic rings. The van der Waals surface area contributed by atoms with Crippen molar-refractivity contribution in [1.29, 1.82) is 0 Å². The summed E-state index contributed by atoms with van der Waals surface area (Å²) in [5, 5.41) is 4.00. The molecule has 0 unspecified atom stereocenters. The number of benzene rings is 1. The van der Waals surface area contributed by atoms with Crippen LogP contribution in [0.15, 0.2) is 65.0 Å². The monoisotopic (exact) mass is 448 g/mol. The van der Waals surface area contributed by atoms with Crippen molar-refractivity contribution in [2.75, 3.05) is 36.1 Å². The number of nitrogens with one attached hydrogen (secondary N) is 1. The number of anilines is 3. The molecule has 1 aromatic carbocycles. The first-order valence-corrected chi connectivity index (χ1v) is 11.8. The number of nitrogens with zero attached hydrogens (tertiary/aromatic N) is 7. The fourth-order valence-electron chi connectivity index (χ4n) is 3.42. The zero-order valence-electron chi connectivity index (χ0n) is 17.3. The van der Waals surface area contributed by atoms with E-state index in [2.05, 4.69) is 35.1 Å². The van der Waals surface area contributed by atoms with Gasteiger partial charge in [-0.15, -0.1) is 0 Å². The normalized spacial score (nSPS) is 14.1. The average molecular weight is 449 g/mol. The van der Waals surface area contributed by atoms with Crippen LogP contribution in [-0.2, 0) is 9.84 Å². The lowest BCUT2D eigenvalue weighted by Crippen LogP contribution is -2.32. The summed E-state index contributed by atoms with van der Waals surface area (Å²) >= 11 is 0. The van der Waals surface area contributed by atoms with Gasteiger partial charge in [0.1, 0.15) is 5.65 Å². The van der Waals surface area contributed by atoms with Crippen LogP contribution >= 0.6 is 0 Å². The van der Waals surface area contributed by atoms with E-state index in [9.17, 15) is 8.42 Å². The van der Waals surface area contributed by atoms with Crippen LogP contribution < -0.4 is 10.2 Å². The highest BCUT2D eigenvalue weighted by Crippen LogP contribution is 2.22. The standard InChI is InChI=1S/C21H20N8O2S/c1-32(30,31)18-4-2-17(3-5-18)29-9-6-15-12-23-20(27-19(15)29)26-16-13-24-21(25-14-16)28-10-7-22-8-11-28/h2-7,9,12-14H,8,10-11H2,1H3,(H,23,26,27). The molecule has 1 aliphatic rings. The highest BCUT2D eigenvalue weighted by Gasteiger charge is 2.12. The minimum Gasteiger partial charge on any atom is -0.334 e. The van der Waals surface area contributed by atoms with Crippen molar-refractivity contribution in [1.82, 2.24) is 24.5 Å². The molecule has 0 atom stereocenters. The minimum atomic E-state index is -3.25. The first-order valence-electron chi connectivity index (χ1n) is 9.94. The van der Waals surface area contributed by atoms with E-state index in [0.29, 0.717) is 29.8 Å². The van der Waals surface area contributed by atoms with Gasteiger partial charge in [0.05, 0.1) is 36.1 Å². The maximum Gasteiger partial charge on any atom is 0.229 e. The quantitative estimate of drug-likeness (QED) is 0.494. The second kappa shape index (κ2) is 8.00. The van der Waals surface area contributed by atoms with Crippen molar-refractivity contribution in [3.8, 4) is 5.69 Å². The zero-order chi connectivity index (χ0) is 22.1. The summed E-state index contributed by atoms with van der Waals surface area (Å²) in [4.78, 5) is 24.4. The molecule has 162 valence electrons. The molecule has 0 spiro atoms. The lowest BCUT2D eigenvalue weighted by atomic mass is 10.3. The average Bonchev–Trinajstić information content (AvgIpc) is 3.23. The van der Waals surface area contributed by atoms with Crippen LogP contribution in [0, 0.1) is 0 Å². The van der Waals surface area contributed by atoms with E-state index in [0.717, 1.165) is 24.2 Å². The number of aromatic nitrogens is 5. The van der Waals surface area contributed by atoms with Crippen LogP contribution in [0.25, 0.3) is 16.7 Å². The summed E-state index contributed by atoms with van der Waals surface area (Å²) in [6.07, 6.45) is 10.1. The number of sulfone groups is 1. The van der Waals surface area contributed by atoms with Gasteiger partial charge < -0.3 is 14.8 Å². The van der Waals surface area contributed by atoms with E-state index >= 15 is 0 Å². The summed E-state index contributed by atoms with van der Waals surface area (Å²) in [5.74, 6) is 1.07. The van der Waals surface area contributed by atoms with Gasteiger partial charge in [-0.05, 0) is 30.3 Å². The van der Waals surface area contributed by atoms with Crippen molar-refractivity contribution in [2.24, 2.45) is 4.99 Å². The lowest BCUT2D eigenvalue weighted by molar-refractivity contribution is 0.602. The number of hydrogen-bond acceptors (Lipinski definition) is 9. The molecule has 5 rings (SSSR count). The fourth-order valence-corrected chi connectivity index (χ4v) is 4.05. The highest BCUT2D eigenvalue weighted by molar-refractivity contribution is 7.90. The largest absolute Gasteiger partial charge is 0.334 e. The molecule has 1 N–H and O–H groups in total. The third-order valence-corrected chi connectivity index (χ3v) is 6.21. The SMILES string of the molecule is CS(=O)(=O)c1ccc(-n2ccc3cnc(Nc4cnc(N5CC=NCC5)nc4)nc32)cc1. The Kier molecular flexibility index (Phi) is 5.02. The van der Waals surface area contributed by atoms with Gasteiger partial charge in [-0.2, -0.15) is 4.98 Å². The maximum absolute atomic E-state index is 11.7. The molecule has 0 radical (unpaired) electrons. The molecule has 32 heavy (non-hydrogen) atoms. The van der Waals surface area contributed by atoms with Crippen molar-refractivity contribution in [2.45, 2.75) is 4.90 Å². The van der Waals surface area contributed by atoms with Gasteiger partial charge in [0.25, 0.3) is 0 Å². The second-order valence-corrected chi connectivity index (χ2v) is 9.37. The Balaban J connectivity index is 1.39. The lowest BCUT2D eigenvalue weighted by Gasteiger charge is -2.22. The fraction of sp³-hybridized carbons (Fsp3) is 0.190. The summed E-state index contributed by atoms with van der Waals surface area (Å²) < 4.78 is 25.3. The molecule has 3 aromatic heterocycles. The second-order valence-electron chi connectivity index (χ2n) is 7.36. The molecular formula is C21H20N8O2S. The first kappa shape index (κ1) is 20.1. The van der Waals surface area contributed by atoms with Gasteiger partial charge in [-0.1, -0.05) is 0 Å². The smallest absolute Gasteiger partial charge is 0.229 e. The Bertz CT molecular complexity index is 1400. The van der Waals surface area contributed by atoms with Crippen LogP contribution in [0.5, 0.6) is 0 Å². The van der Waals surface area contributed by atoms with Crippen LogP contribution in [0.2, 0.25) is 0 Å². The van der Waals surface area contributed by atoms with Gasteiger partial charge in [0, 0.05) is 42.5 Å². The predicted molar refractivity (Wildman–Crippen MR) is 123 cm³/mol. The molecule has 0 fully saturated rings. The van der Waals surface area contributed by atoms with Crippen molar-refractivity contribution < 1.29 is 8.42 Å². The first-order chi connectivity index (χ1) is 15.5. The molecule has 0 saturated carbocycles. The van der Waals surface area contributed by atoms with E-state index in [4.69, 9.17) is 0 Å². The Morgan fingerprint density at radius 2 is 1.78 bits per heavy atom. The van der Waals surface area contributed by atoms with Crippen LogP contribution in [-0.4, -0.2) is 65.0 Å². The van der Waals surface area contributed by atoms with Gasteiger partial charge in [-0.3, -0.25) is 4.99 Å². The van der Waals surface area contributed by atoms with Crippen molar-refractivity contribution in [3.63, 3.8) is 0 Å². The van der Waals surface area contributed by atoms with Gasteiger partial charge in [0.15, 0.2) is 9.84 Å². The van der Waals surface area contributed by atoms with Crippen LogP contribution in [0.3, 0.4) is 0 Å². The highest BCUT2D eigenvalue weighted by atomic mass is 32.2. The molecular weight excluding hydrogens is 428 g/mol. The maximum atomic E-state index is 11.7. The Morgan fingerprint density at radius 3 is 2.47 bits per heavy atom. The van der Waals surface area contributed by atoms with Gasteiger partial charge in [-0.25, -0.2) is 23.4 Å². The molecule has 4 heterocycles. The molecule has 0 saturated heterocycles. The third kappa shape index (κ3) is 4.02. The number of hydrogen-bond donors (Lipinski definition) is 1. The van der Waals surface area contributed by atoms with E-state index in [1.54, 1.807) is 42.9 Å². The summed E-state index contributed by atoms with van der Waals surface area (Å²) in [6.45, 7) is 2.24. The van der Waals surface area contributed by atoms with Gasteiger partial charge >= 0.3 is 0 Å². The van der Waals surface area contributed by atoms with Crippen LogP contribution in [0.4, 0.5) is 17.6 Å². The van der Waals surface area contributed by atoms with E-state index in [-0.39, 0.29) is 4.90 Å². The molecule has 0 aliphatic carbocycles. The summed E-state index contributed by atoms with van der Waals surface area (Å²) in [7, 11) is -3.25. The van der Waals surface area contributed by atoms with E-state index < -0.39 is 9.84 Å². The Hall–Kier alpha value is -3.86. The molecule has 0 amide bonds. The minimum absolute atomic E-state index is 0.273. The Morgan fingerprint density at radius 1 is 1.00 bits per heavy atom. The molecule has 1 aliphatic heterocycles. The third-order valence-electron chi connectivity index (χ3n) is 5.08. The number of aliphatic imine (C=N–C) groups is 1. The van der Waals surface area contributed by atoms with Gasteiger partial charge in [0.2, 0.25) is 11.9 Å². The van der Waals surface area contributed by atoms with E-state index in [1.807, 2.05) is 23.0 Å². The molecule has 11 heteroatoms. The predicted octanol–water partition coefficient (Wildman–Crippen LogP) is 2.25. The number of rotatable bonds is 5. The van der Waals surface area contributed by atoms with E-state index in [1.165, 1.54) is 6.26 Å². The van der Waals surface area contributed by atoms with Crippen LogP contribution in [0.1, 0.15) is 0 Å². The summed E-state index contributed by atoms with van der Waals surface area (Å²) in [6, 6.07) is 8.59. The van der Waals surface area contributed by atoms with Crippen molar-refractivity contribution in [3.05, 3.63) is 55.1 Å². The molecule has 10 nitrogen and oxygen atoms in total. The number of fused-ring (bicyclic) bond motifs is 1. The topological polar surface area (TPSA) is 118 Å². The molecule has 0 bridgehead atoms. The zero-order valence-corrected chi connectivity index (χ0v) is 18.1. The van der Waals surface area contributed by atoms with Crippen molar-refractivity contribution >= 4 is 44.7 Å². The summed E-state index contributed by atoms with van der Waals surface area (Å²) in [5.41, 5.74) is 2.17.